The van der Waals surface area contributed by atoms with Crippen LogP contribution in [-0.2, 0) is 13.1 Å². The SMILES string of the molecule is O=C(NCc1cc(F)cc(F)c1)c1ccc2n(c1=O)C[C@H]1CNC[C@H]2C1. The Morgan fingerprint density at radius 2 is 1.96 bits per heavy atom. The Balaban J connectivity index is 1.55. The molecule has 2 atom stereocenters. The van der Waals surface area contributed by atoms with Crippen LogP contribution in [0.1, 0.15) is 34.0 Å². The van der Waals surface area contributed by atoms with Crippen molar-refractivity contribution in [3.8, 4) is 0 Å². The number of halogens is 2. The van der Waals surface area contributed by atoms with E-state index in [0.29, 0.717) is 23.9 Å². The van der Waals surface area contributed by atoms with Crippen molar-refractivity contribution < 1.29 is 13.6 Å². The molecule has 2 aromatic rings. The zero-order chi connectivity index (χ0) is 18.3. The molecule has 1 fully saturated rings. The highest BCUT2D eigenvalue weighted by Gasteiger charge is 2.31. The van der Waals surface area contributed by atoms with Crippen LogP contribution < -0.4 is 16.2 Å². The van der Waals surface area contributed by atoms with Crippen LogP contribution in [0, 0.1) is 17.6 Å². The standard InChI is InChI=1S/C19H19F2N3O2/c20-14-4-11(5-15(21)6-14)8-23-18(25)16-1-2-17-13-3-12(7-22-9-13)10-24(17)19(16)26/h1-2,4-6,12-13,22H,3,7-10H2,(H,23,25)/t12-,13-/m1/s1. The number of carbonyl (C=O) groups excluding carboxylic acids is 1. The van der Waals surface area contributed by atoms with Gasteiger partial charge >= 0.3 is 0 Å². The molecule has 1 saturated heterocycles. The predicted molar refractivity (Wildman–Crippen MR) is 91.9 cm³/mol. The van der Waals surface area contributed by atoms with E-state index >= 15 is 0 Å². The molecule has 26 heavy (non-hydrogen) atoms. The van der Waals surface area contributed by atoms with E-state index in [-0.39, 0.29) is 17.7 Å². The predicted octanol–water partition coefficient (Wildman–Crippen LogP) is 1.76. The Morgan fingerprint density at radius 3 is 2.73 bits per heavy atom. The van der Waals surface area contributed by atoms with Crippen molar-refractivity contribution in [3.63, 3.8) is 0 Å². The molecular formula is C19H19F2N3O2. The average molecular weight is 359 g/mol. The molecule has 1 aromatic carbocycles. The first kappa shape index (κ1) is 16.9. The van der Waals surface area contributed by atoms with Crippen LogP contribution in [0.3, 0.4) is 0 Å². The van der Waals surface area contributed by atoms with Gasteiger partial charge in [0.05, 0.1) is 0 Å². The molecule has 0 spiro atoms. The second-order valence-corrected chi connectivity index (χ2v) is 7.00. The number of carbonyl (C=O) groups is 1. The van der Waals surface area contributed by atoms with E-state index in [0.717, 1.165) is 43.4 Å². The van der Waals surface area contributed by atoms with Gasteiger partial charge in [0.15, 0.2) is 0 Å². The molecule has 0 radical (unpaired) electrons. The lowest BCUT2D eigenvalue weighted by Gasteiger charge is -2.37. The number of hydrogen-bond acceptors (Lipinski definition) is 3. The van der Waals surface area contributed by atoms with Crippen LogP contribution in [0.15, 0.2) is 35.1 Å². The lowest BCUT2D eigenvalue weighted by atomic mass is 9.84. The molecule has 0 aliphatic carbocycles. The Kier molecular flexibility index (Phi) is 4.32. The highest BCUT2D eigenvalue weighted by atomic mass is 19.1. The molecule has 3 heterocycles. The summed E-state index contributed by atoms with van der Waals surface area (Å²) in [6, 6.07) is 6.46. The minimum Gasteiger partial charge on any atom is -0.348 e. The van der Waals surface area contributed by atoms with Crippen molar-refractivity contribution in [1.29, 1.82) is 0 Å². The molecule has 5 nitrogen and oxygen atoms in total. The minimum atomic E-state index is -0.705. The van der Waals surface area contributed by atoms with Crippen molar-refractivity contribution >= 4 is 5.91 Å². The number of piperidine rings is 1. The highest BCUT2D eigenvalue weighted by molar-refractivity contribution is 5.93. The summed E-state index contributed by atoms with van der Waals surface area (Å²) in [7, 11) is 0. The number of aromatic nitrogens is 1. The van der Waals surface area contributed by atoms with Crippen LogP contribution in [0.25, 0.3) is 0 Å². The van der Waals surface area contributed by atoms with E-state index in [9.17, 15) is 18.4 Å². The third-order valence-electron chi connectivity index (χ3n) is 5.13. The Labute approximate surface area is 149 Å². The first-order chi connectivity index (χ1) is 12.5. The van der Waals surface area contributed by atoms with E-state index in [1.807, 2.05) is 6.07 Å². The van der Waals surface area contributed by atoms with Gasteiger partial charge in [-0.1, -0.05) is 0 Å². The van der Waals surface area contributed by atoms with Gasteiger partial charge in [-0.25, -0.2) is 8.78 Å². The topological polar surface area (TPSA) is 63.1 Å². The van der Waals surface area contributed by atoms with E-state index in [1.165, 1.54) is 0 Å². The number of pyridine rings is 1. The van der Waals surface area contributed by atoms with Gasteiger partial charge in [0.25, 0.3) is 11.5 Å². The van der Waals surface area contributed by atoms with Crippen LogP contribution >= 0.6 is 0 Å². The van der Waals surface area contributed by atoms with Crippen LogP contribution in [0.2, 0.25) is 0 Å². The van der Waals surface area contributed by atoms with Gasteiger partial charge in [-0.15, -0.1) is 0 Å². The fourth-order valence-corrected chi connectivity index (χ4v) is 3.95. The van der Waals surface area contributed by atoms with Crippen LogP contribution in [-0.4, -0.2) is 23.6 Å². The number of fused-ring (bicyclic) bond motifs is 4. The zero-order valence-electron chi connectivity index (χ0n) is 14.1. The van der Waals surface area contributed by atoms with Gasteiger partial charge in [0.2, 0.25) is 0 Å². The van der Waals surface area contributed by atoms with Gasteiger partial charge in [0.1, 0.15) is 17.2 Å². The molecule has 1 aromatic heterocycles. The lowest BCUT2D eigenvalue weighted by Crippen LogP contribution is -2.46. The number of nitrogens with zero attached hydrogens (tertiary/aromatic N) is 1. The average Bonchev–Trinajstić information content (AvgIpc) is 2.60. The first-order valence-corrected chi connectivity index (χ1v) is 8.69. The van der Waals surface area contributed by atoms with Crippen molar-refractivity contribution in [1.82, 2.24) is 15.2 Å². The largest absolute Gasteiger partial charge is 0.348 e. The van der Waals surface area contributed by atoms with Crippen molar-refractivity contribution in [2.75, 3.05) is 13.1 Å². The molecule has 4 rings (SSSR count). The summed E-state index contributed by atoms with van der Waals surface area (Å²) in [6.45, 7) is 2.27. The second-order valence-electron chi connectivity index (χ2n) is 7.00. The molecule has 2 aliphatic rings. The monoisotopic (exact) mass is 359 g/mol. The Hall–Kier alpha value is -2.54. The fourth-order valence-electron chi connectivity index (χ4n) is 3.95. The third-order valence-corrected chi connectivity index (χ3v) is 5.13. The number of nitrogens with one attached hydrogen (secondary N) is 2. The molecule has 2 N–H and O–H groups in total. The van der Waals surface area contributed by atoms with Crippen LogP contribution in [0.4, 0.5) is 8.78 Å². The molecule has 0 saturated carbocycles. The molecule has 0 unspecified atom stereocenters. The number of amides is 1. The minimum absolute atomic E-state index is 0.0517. The number of rotatable bonds is 3. The van der Waals surface area contributed by atoms with Crippen molar-refractivity contribution in [3.05, 3.63) is 69.1 Å². The van der Waals surface area contributed by atoms with E-state index in [4.69, 9.17) is 0 Å². The van der Waals surface area contributed by atoms with Gasteiger partial charge in [-0.3, -0.25) is 9.59 Å². The van der Waals surface area contributed by atoms with Crippen LogP contribution in [0.5, 0.6) is 0 Å². The Morgan fingerprint density at radius 1 is 1.19 bits per heavy atom. The van der Waals surface area contributed by atoms with Gasteiger partial charge < -0.3 is 15.2 Å². The summed E-state index contributed by atoms with van der Waals surface area (Å²) in [5, 5.41) is 5.95. The summed E-state index contributed by atoms with van der Waals surface area (Å²) in [5.41, 5.74) is 1.01. The van der Waals surface area contributed by atoms with Crippen molar-refractivity contribution in [2.24, 2.45) is 5.92 Å². The number of hydrogen-bond donors (Lipinski definition) is 2. The zero-order valence-corrected chi connectivity index (χ0v) is 14.1. The molecule has 2 bridgehead atoms. The van der Waals surface area contributed by atoms with E-state index < -0.39 is 17.5 Å². The number of benzene rings is 1. The molecular weight excluding hydrogens is 340 g/mol. The smallest absolute Gasteiger partial charge is 0.263 e. The van der Waals surface area contributed by atoms with Gasteiger partial charge in [-0.2, -0.15) is 0 Å². The molecule has 7 heteroatoms. The maximum absolute atomic E-state index is 13.2. The summed E-state index contributed by atoms with van der Waals surface area (Å²) < 4.78 is 28.2. The highest BCUT2D eigenvalue weighted by Crippen LogP contribution is 2.31. The van der Waals surface area contributed by atoms with Gasteiger partial charge in [-0.05, 0) is 48.7 Å². The van der Waals surface area contributed by atoms with E-state index in [2.05, 4.69) is 10.6 Å². The normalized spacial score (nSPS) is 21.2. The molecule has 136 valence electrons. The summed E-state index contributed by atoms with van der Waals surface area (Å²) in [6.07, 6.45) is 1.06. The second kappa shape index (κ2) is 6.64. The van der Waals surface area contributed by atoms with Gasteiger partial charge in [0, 0.05) is 37.3 Å². The first-order valence-electron chi connectivity index (χ1n) is 8.69. The summed E-state index contributed by atoms with van der Waals surface area (Å²) >= 11 is 0. The van der Waals surface area contributed by atoms with Crippen molar-refractivity contribution in [2.45, 2.75) is 25.4 Å². The molecule has 1 amide bonds. The molecule has 2 aliphatic heterocycles. The maximum atomic E-state index is 13.2. The lowest BCUT2D eigenvalue weighted by molar-refractivity contribution is 0.0948. The van der Waals surface area contributed by atoms with E-state index in [1.54, 1.807) is 10.6 Å². The fraction of sp³-hybridized carbons (Fsp3) is 0.368. The maximum Gasteiger partial charge on any atom is 0.263 e. The quantitative estimate of drug-likeness (QED) is 0.878. The third kappa shape index (κ3) is 3.14. The summed E-state index contributed by atoms with van der Waals surface area (Å²) in [4.78, 5) is 25.2. The summed E-state index contributed by atoms with van der Waals surface area (Å²) in [5.74, 6) is -1.26. The Bertz CT molecular complexity index is 905.